The van der Waals surface area contributed by atoms with Crippen LogP contribution >= 0.6 is 0 Å². The van der Waals surface area contributed by atoms with Crippen molar-refractivity contribution in [3.8, 4) is 0 Å². The number of hydrogen-bond acceptors (Lipinski definition) is 3. The summed E-state index contributed by atoms with van der Waals surface area (Å²) in [5, 5.41) is 1.00. The minimum Gasteiger partial charge on any atom is -0.333 e. The number of alkyl halides is 6. The maximum absolute atomic E-state index is 12.3. The lowest BCUT2D eigenvalue weighted by Crippen LogP contribution is -2.60. The Labute approximate surface area is 72.9 Å². The molecule has 11 heteroatoms. The fourth-order valence-electron chi connectivity index (χ4n) is 0.472. The quantitative estimate of drug-likeness (QED) is 0.556. The second-order valence-electron chi connectivity index (χ2n) is 2.11. The molecule has 1 atom stereocenters. The van der Waals surface area contributed by atoms with E-state index in [1.165, 1.54) is 0 Å². The monoisotopic (exact) mass is 248 g/mol. The van der Waals surface area contributed by atoms with Crippen LogP contribution in [0.3, 0.4) is 0 Å². The third kappa shape index (κ3) is 1.79. The molecule has 0 aliphatic carbocycles. The first-order chi connectivity index (χ1) is 5.75. The molecule has 0 bridgehead atoms. The summed E-state index contributed by atoms with van der Waals surface area (Å²) in [6.45, 7) is 0. The zero-order valence-electron chi connectivity index (χ0n) is 5.89. The third-order valence-electron chi connectivity index (χ3n) is 1.11. The van der Waals surface area contributed by atoms with Crippen molar-refractivity contribution in [2.75, 3.05) is 0 Å². The SMILES string of the molecule is O=S(=O)(O)C(F)(C(O)(F)F)C(F)(F)F. The number of hydrogen-bond donors (Lipinski definition) is 2. The van der Waals surface area contributed by atoms with Crippen molar-refractivity contribution in [1.82, 2.24) is 0 Å². The lowest BCUT2D eigenvalue weighted by atomic mass is 10.3. The standard InChI is InChI=1S/C3H2F6O4S/c4-1(2(5,6)7,3(8,9)10)14(11,12)13/h10H,(H,11,12,13). The Balaban J connectivity index is 5.81. The van der Waals surface area contributed by atoms with E-state index in [0.29, 0.717) is 0 Å². The smallest absolute Gasteiger partial charge is 0.333 e. The van der Waals surface area contributed by atoms with E-state index < -0.39 is 27.4 Å². The van der Waals surface area contributed by atoms with Gasteiger partial charge in [0, 0.05) is 0 Å². The molecule has 0 saturated carbocycles. The zero-order chi connectivity index (χ0) is 12.0. The lowest BCUT2D eigenvalue weighted by Gasteiger charge is -2.27. The predicted molar refractivity (Wildman–Crippen MR) is 28.6 cm³/mol. The van der Waals surface area contributed by atoms with Gasteiger partial charge in [-0.1, -0.05) is 0 Å². The third-order valence-corrected chi connectivity index (χ3v) is 2.29. The number of rotatable bonds is 2. The van der Waals surface area contributed by atoms with E-state index in [0.717, 1.165) is 0 Å². The Bertz CT molecular complexity index is 297. The Morgan fingerprint density at radius 1 is 0.929 bits per heavy atom. The van der Waals surface area contributed by atoms with Crippen molar-refractivity contribution in [2.24, 2.45) is 0 Å². The van der Waals surface area contributed by atoms with Gasteiger partial charge >= 0.3 is 27.4 Å². The molecule has 0 radical (unpaired) electrons. The molecule has 0 fully saturated rings. The van der Waals surface area contributed by atoms with Crippen LogP contribution in [0.25, 0.3) is 0 Å². The lowest BCUT2D eigenvalue weighted by molar-refractivity contribution is -0.337. The highest BCUT2D eigenvalue weighted by atomic mass is 32.2. The van der Waals surface area contributed by atoms with Gasteiger partial charge in [-0.3, -0.25) is 4.55 Å². The van der Waals surface area contributed by atoms with Crippen molar-refractivity contribution in [3.05, 3.63) is 0 Å². The van der Waals surface area contributed by atoms with E-state index in [9.17, 15) is 34.8 Å². The first-order valence-corrected chi connectivity index (χ1v) is 4.02. The first kappa shape index (κ1) is 13.4. The van der Waals surface area contributed by atoms with E-state index in [1.807, 2.05) is 0 Å². The zero-order valence-corrected chi connectivity index (χ0v) is 6.70. The predicted octanol–water partition coefficient (Wildman–Crippen LogP) is 0.687. The Morgan fingerprint density at radius 3 is 1.21 bits per heavy atom. The molecule has 0 amide bonds. The Hall–Kier alpha value is -0.550. The normalized spacial score (nSPS) is 19.1. The topological polar surface area (TPSA) is 74.6 Å². The van der Waals surface area contributed by atoms with Crippen LogP contribution in [0.15, 0.2) is 0 Å². The molecule has 0 aromatic carbocycles. The van der Waals surface area contributed by atoms with Gasteiger partial charge in [0.05, 0.1) is 0 Å². The average Bonchev–Trinajstić information content (AvgIpc) is 1.77. The summed E-state index contributed by atoms with van der Waals surface area (Å²) in [7, 11) is -6.87. The summed E-state index contributed by atoms with van der Waals surface area (Å²) >= 11 is 0. The van der Waals surface area contributed by atoms with Crippen molar-refractivity contribution in [1.29, 1.82) is 0 Å². The number of aliphatic hydroxyl groups is 1. The second kappa shape index (κ2) is 2.97. The molecule has 0 rings (SSSR count). The van der Waals surface area contributed by atoms with Crippen molar-refractivity contribution < 1.29 is 44.4 Å². The van der Waals surface area contributed by atoms with Crippen LogP contribution in [0.1, 0.15) is 0 Å². The maximum atomic E-state index is 12.3. The van der Waals surface area contributed by atoms with Crippen LogP contribution in [-0.4, -0.2) is 35.4 Å². The van der Waals surface area contributed by atoms with Crippen molar-refractivity contribution >= 4 is 10.1 Å². The average molecular weight is 248 g/mol. The highest BCUT2D eigenvalue weighted by Crippen LogP contribution is 2.47. The van der Waals surface area contributed by atoms with Gasteiger partial charge in [-0.2, -0.15) is 30.4 Å². The Morgan fingerprint density at radius 2 is 1.21 bits per heavy atom. The van der Waals surface area contributed by atoms with Crippen LogP contribution < -0.4 is 0 Å². The molecule has 0 aliphatic rings. The number of halogens is 6. The van der Waals surface area contributed by atoms with Gasteiger partial charge < -0.3 is 5.11 Å². The van der Waals surface area contributed by atoms with Gasteiger partial charge in [-0.25, -0.2) is 4.39 Å². The van der Waals surface area contributed by atoms with Gasteiger partial charge in [0.1, 0.15) is 0 Å². The summed E-state index contributed by atoms with van der Waals surface area (Å²) < 4.78 is 97.5. The molecule has 86 valence electrons. The fourth-order valence-corrected chi connectivity index (χ4v) is 1.07. The summed E-state index contributed by atoms with van der Waals surface area (Å²) in [5.41, 5.74) is 0. The molecule has 0 aromatic rings. The largest absolute Gasteiger partial charge is 0.449 e. The van der Waals surface area contributed by atoms with E-state index >= 15 is 0 Å². The van der Waals surface area contributed by atoms with E-state index in [-0.39, 0.29) is 0 Å². The van der Waals surface area contributed by atoms with E-state index in [4.69, 9.17) is 9.66 Å². The summed E-state index contributed by atoms with van der Waals surface area (Å²) in [5.74, 6) is 0. The molecule has 0 aliphatic heterocycles. The van der Waals surface area contributed by atoms with Gasteiger partial charge in [0.25, 0.3) is 0 Å². The molecular formula is C3H2F6O4S. The second-order valence-corrected chi connectivity index (χ2v) is 3.62. The molecule has 4 nitrogen and oxygen atoms in total. The summed E-state index contributed by atoms with van der Waals surface area (Å²) in [4.78, 5) is 0. The van der Waals surface area contributed by atoms with Gasteiger partial charge in [-0.15, -0.1) is 0 Å². The molecule has 14 heavy (non-hydrogen) atoms. The minimum atomic E-state index is -6.87. The van der Waals surface area contributed by atoms with Crippen LogP contribution in [0.2, 0.25) is 0 Å². The van der Waals surface area contributed by atoms with Gasteiger partial charge in [-0.05, 0) is 0 Å². The molecule has 2 N–H and O–H groups in total. The van der Waals surface area contributed by atoms with Crippen LogP contribution in [0, 0.1) is 0 Å². The van der Waals surface area contributed by atoms with Crippen LogP contribution in [0.4, 0.5) is 26.3 Å². The maximum Gasteiger partial charge on any atom is 0.449 e. The van der Waals surface area contributed by atoms with Crippen molar-refractivity contribution in [2.45, 2.75) is 17.3 Å². The molecule has 0 heterocycles. The molecular weight excluding hydrogens is 246 g/mol. The molecule has 0 saturated heterocycles. The van der Waals surface area contributed by atoms with Gasteiger partial charge in [0.15, 0.2) is 0 Å². The molecule has 0 aromatic heterocycles. The summed E-state index contributed by atoms with van der Waals surface area (Å²) in [6.07, 6.45) is -13.0. The van der Waals surface area contributed by atoms with Gasteiger partial charge in [0.2, 0.25) is 0 Å². The van der Waals surface area contributed by atoms with Crippen molar-refractivity contribution in [3.63, 3.8) is 0 Å². The first-order valence-electron chi connectivity index (χ1n) is 2.58. The van der Waals surface area contributed by atoms with E-state index in [1.54, 1.807) is 0 Å². The minimum absolute atomic E-state index is 6.31. The van der Waals surface area contributed by atoms with Crippen LogP contribution in [0.5, 0.6) is 0 Å². The molecule has 1 unspecified atom stereocenters. The highest BCUT2D eigenvalue weighted by molar-refractivity contribution is 7.87. The van der Waals surface area contributed by atoms with Crippen LogP contribution in [-0.2, 0) is 10.1 Å². The Kier molecular flexibility index (Phi) is 2.85. The molecule has 0 spiro atoms. The highest BCUT2D eigenvalue weighted by Gasteiger charge is 2.79. The van der Waals surface area contributed by atoms with E-state index in [2.05, 4.69) is 0 Å². The summed E-state index contributed by atoms with van der Waals surface area (Å²) in [6, 6.07) is 0. The fraction of sp³-hybridized carbons (Fsp3) is 1.00.